The van der Waals surface area contributed by atoms with E-state index in [1.165, 1.54) is 10.4 Å². The number of thiophene rings is 1. The summed E-state index contributed by atoms with van der Waals surface area (Å²) in [6.07, 6.45) is 2.77. The molecule has 90 valence electrons. The van der Waals surface area contributed by atoms with Gasteiger partial charge in [0.2, 0.25) is 0 Å². The highest BCUT2D eigenvalue weighted by molar-refractivity contribution is 7.09. The van der Waals surface area contributed by atoms with Gasteiger partial charge in [-0.05, 0) is 24.9 Å². The fraction of sp³-hybridized carbons (Fsp3) is 0.385. The molecule has 17 heavy (non-hydrogen) atoms. The molecule has 2 aromatic rings. The van der Waals surface area contributed by atoms with Crippen molar-refractivity contribution >= 4 is 11.3 Å². The Labute approximate surface area is 106 Å². The molecule has 0 fully saturated rings. The summed E-state index contributed by atoms with van der Waals surface area (Å²) in [4.78, 5) is 10.3. The fourth-order valence-corrected chi connectivity index (χ4v) is 2.33. The Morgan fingerprint density at radius 2 is 2.29 bits per heavy atom. The summed E-state index contributed by atoms with van der Waals surface area (Å²) in [5.74, 6) is 0.908. The maximum Gasteiger partial charge on any atom is 0.133 e. The van der Waals surface area contributed by atoms with Crippen molar-refractivity contribution in [3.8, 4) is 0 Å². The summed E-state index contributed by atoms with van der Waals surface area (Å²) in [5, 5.41) is 5.38. The highest BCUT2D eigenvalue weighted by atomic mass is 32.1. The number of aryl methyl sites for hydroxylation is 1. The average Bonchev–Trinajstić information content (AvgIpc) is 2.81. The summed E-state index contributed by atoms with van der Waals surface area (Å²) in [6, 6.07) is 4.18. The van der Waals surface area contributed by atoms with Gasteiger partial charge in [0, 0.05) is 35.3 Å². The first-order valence-corrected chi connectivity index (χ1v) is 6.72. The quantitative estimate of drug-likeness (QED) is 0.882. The SMILES string of the molecule is CCNCc1cnc(Cc2cccs2)nc1C. The van der Waals surface area contributed by atoms with Crippen LogP contribution in [0.15, 0.2) is 23.7 Å². The molecule has 4 heteroatoms. The van der Waals surface area contributed by atoms with Gasteiger partial charge in [0.05, 0.1) is 0 Å². The van der Waals surface area contributed by atoms with Gasteiger partial charge in [0.1, 0.15) is 5.82 Å². The molecule has 0 amide bonds. The van der Waals surface area contributed by atoms with Crippen LogP contribution in [0.2, 0.25) is 0 Å². The second-order valence-corrected chi connectivity index (χ2v) is 4.97. The molecule has 3 nitrogen and oxygen atoms in total. The number of nitrogens with zero attached hydrogens (tertiary/aromatic N) is 2. The zero-order chi connectivity index (χ0) is 12.1. The van der Waals surface area contributed by atoms with Crippen LogP contribution in [0.1, 0.15) is 28.9 Å². The number of nitrogens with one attached hydrogen (secondary N) is 1. The van der Waals surface area contributed by atoms with Crippen molar-refractivity contribution in [1.29, 1.82) is 0 Å². The van der Waals surface area contributed by atoms with Crippen molar-refractivity contribution in [2.75, 3.05) is 6.54 Å². The second-order valence-electron chi connectivity index (χ2n) is 3.93. The number of rotatable bonds is 5. The van der Waals surface area contributed by atoms with E-state index in [2.05, 4.69) is 39.7 Å². The fourth-order valence-electron chi connectivity index (χ4n) is 1.63. The summed E-state index contributed by atoms with van der Waals surface area (Å²) in [5.41, 5.74) is 2.26. The summed E-state index contributed by atoms with van der Waals surface area (Å²) in [7, 11) is 0. The average molecular weight is 247 g/mol. The van der Waals surface area contributed by atoms with Crippen LogP contribution in [0.25, 0.3) is 0 Å². The van der Waals surface area contributed by atoms with Crippen molar-refractivity contribution in [2.45, 2.75) is 26.8 Å². The first kappa shape index (κ1) is 12.2. The molecule has 0 bridgehead atoms. The molecule has 0 unspecified atom stereocenters. The molecule has 0 atom stereocenters. The van der Waals surface area contributed by atoms with E-state index >= 15 is 0 Å². The molecule has 0 aliphatic heterocycles. The smallest absolute Gasteiger partial charge is 0.133 e. The predicted molar refractivity (Wildman–Crippen MR) is 71.3 cm³/mol. The zero-order valence-corrected chi connectivity index (χ0v) is 11.0. The highest BCUT2D eigenvalue weighted by Crippen LogP contribution is 2.13. The van der Waals surface area contributed by atoms with E-state index in [-0.39, 0.29) is 0 Å². The molecule has 0 aliphatic rings. The summed E-state index contributed by atoms with van der Waals surface area (Å²) >= 11 is 1.75. The minimum absolute atomic E-state index is 0.833. The zero-order valence-electron chi connectivity index (χ0n) is 10.2. The summed E-state index contributed by atoms with van der Waals surface area (Å²) in [6.45, 7) is 5.96. The monoisotopic (exact) mass is 247 g/mol. The molecule has 0 aromatic carbocycles. The second kappa shape index (κ2) is 5.89. The van der Waals surface area contributed by atoms with Gasteiger partial charge in [-0.1, -0.05) is 13.0 Å². The Hall–Kier alpha value is -1.26. The minimum atomic E-state index is 0.833. The lowest BCUT2D eigenvalue weighted by Gasteiger charge is -2.06. The lowest BCUT2D eigenvalue weighted by Crippen LogP contribution is -2.14. The normalized spacial score (nSPS) is 10.7. The topological polar surface area (TPSA) is 37.8 Å². The minimum Gasteiger partial charge on any atom is -0.313 e. The van der Waals surface area contributed by atoms with Crippen molar-refractivity contribution < 1.29 is 0 Å². The first-order valence-electron chi connectivity index (χ1n) is 5.84. The molecule has 2 heterocycles. The van der Waals surface area contributed by atoms with Gasteiger partial charge in [-0.2, -0.15) is 0 Å². The van der Waals surface area contributed by atoms with Gasteiger partial charge < -0.3 is 5.32 Å². The lowest BCUT2D eigenvalue weighted by molar-refractivity contribution is 0.712. The van der Waals surface area contributed by atoms with E-state index < -0.39 is 0 Å². The van der Waals surface area contributed by atoms with Crippen LogP contribution in [0.4, 0.5) is 0 Å². The lowest BCUT2D eigenvalue weighted by atomic mass is 10.2. The van der Waals surface area contributed by atoms with Crippen molar-refractivity contribution in [2.24, 2.45) is 0 Å². The first-order chi connectivity index (χ1) is 8.29. The van der Waals surface area contributed by atoms with Crippen LogP contribution in [0.5, 0.6) is 0 Å². The Kier molecular flexibility index (Phi) is 4.23. The van der Waals surface area contributed by atoms with Gasteiger partial charge >= 0.3 is 0 Å². The van der Waals surface area contributed by atoms with Gasteiger partial charge in [0.15, 0.2) is 0 Å². The maximum absolute atomic E-state index is 4.56. The van der Waals surface area contributed by atoms with Crippen LogP contribution in [0.3, 0.4) is 0 Å². The van der Waals surface area contributed by atoms with Gasteiger partial charge in [-0.3, -0.25) is 0 Å². The van der Waals surface area contributed by atoms with Crippen LogP contribution in [0, 0.1) is 6.92 Å². The van der Waals surface area contributed by atoms with Crippen LogP contribution in [-0.4, -0.2) is 16.5 Å². The van der Waals surface area contributed by atoms with E-state index in [1.807, 2.05) is 13.1 Å². The molecule has 0 radical (unpaired) electrons. The molecular formula is C13H17N3S. The van der Waals surface area contributed by atoms with E-state index in [1.54, 1.807) is 11.3 Å². The Bertz CT molecular complexity index is 466. The van der Waals surface area contributed by atoms with Crippen molar-refractivity contribution in [1.82, 2.24) is 15.3 Å². The van der Waals surface area contributed by atoms with Crippen molar-refractivity contribution in [3.05, 3.63) is 45.7 Å². The third-order valence-corrected chi connectivity index (χ3v) is 3.49. The molecular weight excluding hydrogens is 230 g/mol. The molecule has 1 N–H and O–H groups in total. The molecule has 2 rings (SSSR count). The third kappa shape index (κ3) is 3.35. The van der Waals surface area contributed by atoms with E-state index in [0.29, 0.717) is 0 Å². The van der Waals surface area contributed by atoms with Crippen molar-refractivity contribution in [3.63, 3.8) is 0 Å². The number of hydrogen-bond donors (Lipinski definition) is 1. The standard InChI is InChI=1S/C13H17N3S/c1-3-14-8-11-9-15-13(16-10(11)2)7-12-5-4-6-17-12/h4-6,9,14H,3,7-8H2,1-2H3. The van der Waals surface area contributed by atoms with Gasteiger partial charge in [0.25, 0.3) is 0 Å². The Morgan fingerprint density at radius 3 is 2.94 bits per heavy atom. The van der Waals surface area contributed by atoms with Crippen LogP contribution in [-0.2, 0) is 13.0 Å². The van der Waals surface area contributed by atoms with Crippen LogP contribution < -0.4 is 5.32 Å². The van der Waals surface area contributed by atoms with Gasteiger partial charge in [-0.15, -0.1) is 11.3 Å². The predicted octanol–water partition coefficient (Wildman–Crippen LogP) is 2.55. The molecule has 0 aliphatic carbocycles. The molecule has 0 spiro atoms. The van der Waals surface area contributed by atoms with E-state index in [4.69, 9.17) is 0 Å². The molecule has 0 saturated heterocycles. The van der Waals surface area contributed by atoms with E-state index in [9.17, 15) is 0 Å². The Morgan fingerprint density at radius 1 is 1.41 bits per heavy atom. The highest BCUT2D eigenvalue weighted by Gasteiger charge is 2.04. The molecule has 0 saturated carbocycles. The molecule has 2 aromatic heterocycles. The summed E-state index contributed by atoms with van der Waals surface area (Å²) < 4.78 is 0. The largest absolute Gasteiger partial charge is 0.313 e. The van der Waals surface area contributed by atoms with Gasteiger partial charge in [-0.25, -0.2) is 9.97 Å². The third-order valence-electron chi connectivity index (χ3n) is 2.61. The number of hydrogen-bond acceptors (Lipinski definition) is 4. The van der Waals surface area contributed by atoms with Crippen LogP contribution >= 0.6 is 11.3 Å². The van der Waals surface area contributed by atoms with E-state index in [0.717, 1.165) is 31.0 Å². The number of aromatic nitrogens is 2. The Balaban J connectivity index is 2.08. The maximum atomic E-state index is 4.56.